The first-order valence-electron chi connectivity index (χ1n) is 7.71. The summed E-state index contributed by atoms with van der Waals surface area (Å²) in [5.41, 5.74) is 3.75. The van der Waals surface area contributed by atoms with Crippen LogP contribution in [0.15, 0.2) is 36.5 Å². The predicted octanol–water partition coefficient (Wildman–Crippen LogP) is 3.81. The molecule has 3 rings (SSSR count). The highest BCUT2D eigenvalue weighted by atomic mass is 15.3. The Hall–Kier alpha value is -1.61. The van der Waals surface area contributed by atoms with Crippen molar-refractivity contribution in [2.45, 2.75) is 45.1 Å². The van der Waals surface area contributed by atoms with Crippen molar-refractivity contribution >= 4 is 0 Å². The van der Waals surface area contributed by atoms with Gasteiger partial charge in [0.2, 0.25) is 0 Å². The molecule has 1 aliphatic rings. The van der Waals surface area contributed by atoms with Crippen molar-refractivity contribution in [3.05, 3.63) is 47.8 Å². The predicted molar refractivity (Wildman–Crippen MR) is 82.2 cm³/mol. The monoisotopic (exact) mass is 269 g/mol. The molecular weight excluding hydrogens is 246 g/mol. The molecule has 106 valence electrons. The summed E-state index contributed by atoms with van der Waals surface area (Å²) in [5, 5.41) is 8.24. The topological polar surface area (TPSA) is 29.9 Å². The largest absolute Gasteiger partial charge is 0.310 e. The molecule has 1 N–H and O–H groups in total. The number of hydrogen-bond acceptors (Lipinski definition) is 2. The Labute approximate surface area is 121 Å². The molecule has 1 heterocycles. The summed E-state index contributed by atoms with van der Waals surface area (Å²) in [6.45, 7) is 5.37. The third kappa shape index (κ3) is 2.78. The van der Waals surface area contributed by atoms with E-state index in [9.17, 15) is 0 Å². The Morgan fingerprint density at radius 2 is 2.15 bits per heavy atom. The maximum absolute atomic E-state index is 4.71. The second-order valence-corrected chi connectivity index (χ2v) is 5.57. The van der Waals surface area contributed by atoms with Crippen LogP contribution >= 0.6 is 0 Å². The molecule has 1 fully saturated rings. The summed E-state index contributed by atoms with van der Waals surface area (Å²) in [4.78, 5) is 0. The Bertz CT molecular complexity index is 569. The van der Waals surface area contributed by atoms with Crippen LogP contribution in [0.5, 0.6) is 0 Å². The molecule has 3 heteroatoms. The van der Waals surface area contributed by atoms with Gasteiger partial charge in [-0.1, -0.05) is 26.0 Å². The quantitative estimate of drug-likeness (QED) is 0.864. The highest BCUT2D eigenvalue weighted by Crippen LogP contribution is 2.39. The van der Waals surface area contributed by atoms with Crippen LogP contribution in [0.4, 0.5) is 0 Å². The lowest BCUT2D eigenvalue weighted by atomic mass is 10.0. The fourth-order valence-electron chi connectivity index (χ4n) is 2.71. The van der Waals surface area contributed by atoms with Crippen LogP contribution in [0.3, 0.4) is 0 Å². The van der Waals surface area contributed by atoms with E-state index in [1.165, 1.54) is 24.1 Å². The molecule has 1 aromatic carbocycles. The highest BCUT2D eigenvalue weighted by molar-refractivity contribution is 5.37. The van der Waals surface area contributed by atoms with Crippen molar-refractivity contribution < 1.29 is 0 Å². The molecule has 0 amide bonds. The van der Waals surface area contributed by atoms with Gasteiger partial charge in [-0.05, 0) is 49.6 Å². The molecule has 0 bridgehead atoms. The van der Waals surface area contributed by atoms with Crippen LogP contribution < -0.4 is 5.32 Å². The van der Waals surface area contributed by atoms with Crippen LogP contribution in [-0.4, -0.2) is 16.3 Å². The number of rotatable bonds is 6. The molecule has 1 aromatic heterocycles. The SMILES string of the molecule is CCNC(CC)c1cccc(-n2ccc(C3CC3)n2)c1. The Kier molecular flexibility index (Phi) is 3.88. The Morgan fingerprint density at radius 3 is 2.85 bits per heavy atom. The number of aromatic nitrogens is 2. The molecule has 1 unspecified atom stereocenters. The average molecular weight is 269 g/mol. The molecule has 0 aliphatic heterocycles. The number of benzene rings is 1. The Balaban J connectivity index is 1.85. The van der Waals surface area contributed by atoms with Gasteiger partial charge in [0.05, 0.1) is 11.4 Å². The van der Waals surface area contributed by atoms with Crippen LogP contribution in [0.25, 0.3) is 5.69 Å². The molecule has 0 radical (unpaired) electrons. The van der Waals surface area contributed by atoms with Crippen molar-refractivity contribution in [2.75, 3.05) is 6.54 Å². The van der Waals surface area contributed by atoms with E-state index in [0.29, 0.717) is 12.0 Å². The molecule has 1 aliphatic carbocycles. The fourth-order valence-corrected chi connectivity index (χ4v) is 2.71. The standard InChI is InChI=1S/C17H23N3/c1-3-16(18-4-2)14-6-5-7-15(12-14)20-11-10-17(19-20)13-8-9-13/h5-7,10-13,16,18H,3-4,8-9H2,1-2H3. The summed E-state index contributed by atoms with van der Waals surface area (Å²) >= 11 is 0. The van der Waals surface area contributed by atoms with Gasteiger partial charge < -0.3 is 5.32 Å². The third-order valence-corrected chi connectivity index (χ3v) is 4.00. The molecule has 0 spiro atoms. The van der Waals surface area contributed by atoms with Gasteiger partial charge in [-0.25, -0.2) is 4.68 Å². The van der Waals surface area contributed by atoms with E-state index in [4.69, 9.17) is 5.10 Å². The Morgan fingerprint density at radius 1 is 1.30 bits per heavy atom. The maximum Gasteiger partial charge on any atom is 0.0659 e. The lowest BCUT2D eigenvalue weighted by Gasteiger charge is -2.17. The summed E-state index contributed by atoms with van der Waals surface area (Å²) in [7, 11) is 0. The van der Waals surface area contributed by atoms with Gasteiger partial charge in [0.1, 0.15) is 0 Å². The summed E-state index contributed by atoms with van der Waals surface area (Å²) in [6, 6.07) is 11.3. The minimum absolute atomic E-state index is 0.429. The van der Waals surface area contributed by atoms with Crippen molar-refractivity contribution in [3.63, 3.8) is 0 Å². The summed E-state index contributed by atoms with van der Waals surface area (Å²) < 4.78 is 2.01. The fraction of sp³-hybridized carbons (Fsp3) is 0.471. The molecule has 0 saturated heterocycles. The van der Waals surface area contributed by atoms with E-state index in [1.54, 1.807) is 0 Å². The second-order valence-electron chi connectivity index (χ2n) is 5.57. The zero-order valence-electron chi connectivity index (χ0n) is 12.3. The lowest BCUT2D eigenvalue weighted by Crippen LogP contribution is -2.20. The molecule has 1 atom stereocenters. The normalized spacial score (nSPS) is 16.3. The van der Waals surface area contributed by atoms with Crippen LogP contribution in [0.1, 0.15) is 56.3 Å². The van der Waals surface area contributed by atoms with E-state index in [0.717, 1.165) is 18.7 Å². The van der Waals surface area contributed by atoms with Crippen molar-refractivity contribution in [1.82, 2.24) is 15.1 Å². The van der Waals surface area contributed by atoms with E-state index >= 15 is 0 Å². The summed E-state index contributed by atoms with van der Waals surface area (Å²) in [6.07, 6.45) is 5.79. The number of nitrogens with zero attached hydrogens (tertiary/aromatic N) is 2. The molecule has 3 nitrogen and oxygen atoms in total. The lowest BCUT2D eigenvalue weighted by molar-refractivity contribution is 0.537. The van der Waals surface area contributed by atoms with E-state index in [-0.39, 0.29) is 0 Å². The third-order valence-electron chi connectivity index (χ3n) is 4.00. The van der Waals surface area contributed by atoms with Gasteiger partial charge in [-0.2, -0.15) is 5.10 Å². The smallest absolute Gasteiger partial charge is 0.0659 e. The van der Waals surface area contributed by atoms with Gasteiger partial charge in [-0.3, -0.25) is 0 Å². The highest BCUT2D eigenvalue weighted by Gasteiger charge is 2.25. The zero-order valence-corrected chi connectivity index (χ0v) is 12.3. The maximum atomic E-state index is 4.71. The van der Waals surface area contributed by atoms with Gasteiger partial charge in [0.25, 0.3) is 0 Å². The first kappa shape index (κ1) is 13.4. The van der Waals surface area contributed by atoms with Crippen LogP contribution in [-0.2, 0) is 0 Å². The minimum Gasteiger partial charge on any atom is -0.310 e. The van der Waals surface area contributed by atoms with Gasteiger partial charge in [0, 0.05) is 18.2 Å². The second kappa shape index (κ2) is 5.80. The van der Waals surface area contributed by atoms with Crippen LogP contribution in [0, 0.1) is 0 Å². The number of hydrogen-bond donors (Lipinski definition) is 1. The zero-order chi connectivity index (χ0) is 13.9. The van der Waals surface area contributed by atoms with E-state index < -0.39 is 0 Å². The van der Waals surface area contributed by atoms with Crippen molar-refractivity contribution in [2.24, 2.45) is 0 Å². The van der Waals surface area contributed by atoms with E-state index in [2.05, 4.69) is 55.7 Å². The molecule has 1 saturated carbocycles. The summed E-state index contributed by atoms with van der Waals surface area (Å²) in [5.74, 6) is 0.713. The van der Waals surface area contributed by atoms with Gasteiger partial charge in [0.15, 0.2) is 0 Å². The number of nitrogens with one attached hydrogen (secondary N) is 1. The minimum atomic E-state index is 0.429. The van der Waals surface area contributed by atoms with Crippen molar-refractivity contribution in [1.29, 1.82) is 0 Å². The van der Waals surface area contributed by atoms with Crippen LogP contribution in [0.2, 0.25) is 0 Å². The van der Waals surface area contributed by atoms with Gasteiger partial charge >= 0.3 is 0 Å². The first-order valence-corrected chi connectivity index (χ1v) is 7.71. The molecule has 20 heavy (non-hydrogen) atoms. The van der Waals surface area contributed by atoms with Crippen molar-refractivity contribution in [3.8, 4) is 5.69 Å². The van der Waals surface area contributed by atoms with Gasteiger partial charge in [-0.15, -0.1) is 0 Å². The molecule has 2 aromatic rings. The first-order chi connectivity index (χ1) is 9.81. The molecular formula is C17H23N3. The van der Waals surface area contributed by atoms with E-state index in [1.807, 2.05) is 4.68 Å². The average Bonchev–Trinajstić information content (AvgIpc) is 3.22.